The predicted molar refractivity (Wildman–Crippen MR) is 142 cm³/mol. The quantitative estimate of drug-likeness (QED) is 0.408. The Morgan fingerprint density at radius 2 is 1.84 bits per heavy atom. The molecule has 1 aromatic heterocycles. The molecule has 2 heterocycles. The molecule has 9 nitrogen and oxygen atoms in total. The van der Waals surface area contributed by atoms with Crippen molar-refractivity contribution >= 4 is 29.4 Å². The minimum absolute atomic E-state index is 0.259. The van der Waals surface area contributed by atoms with E-state index in [4.69, 9.17) is 14.2 Å². The average molecular weight is 537 g/mol. The van der Waals surface area contributed by atoms with Gasteiger partial charge in [-0.25, -0.2) is 14.6 Å². The van der Waals surface area contributed by atoms with E-state index in [1.807, 2.05) is 30.3 Å². The molecule has 2 aromatic carbocycles. The van der Waals surface area contributed by atoms with Gasteiger partial charge in [0.25, 0.3) is 5.56 Å². The fourth-order valence-electron chi connectivity index (χ4n) is 4.05. The lowest BCUT2D eigenvalue weighted by molar-refractivity contribution is -0.144. The number of rotatable bonds is 8. The maximum Gasteiger partial charge on any atom is 0.343 e. The number of ether oxygens (including phenoxy) is 4. The van der Waals surface area contributed by atoms with E-state index in [1.165, 1.54) is 25.6 Å². The Labute approximate surface area is 223 Å². The van der Waals surface area contributed by atoms with Crippen molar-refractivity contribution < 1.29 is 28.5 Å². The highest BCUT2D eigenvalue weighted by molar-refractivity contribution is 7.07. The van der Waals surface area contributed by atoms with Gasteiger partial charge in [0, 0.05) is 0 Å². The maximum absolute atomic E-state index is 13.7. The fourth-order valence-corrected chi connectivity index (χ4v) is 5.10. The molecule has 1 aliphatic rings. The van der Waals surface area contributed by atoms with Crippen LogP contribution in [0.15, 0.2) is 69.6 Å². The summed E-state index contributed by atoms with van der Waals surface area (Å²) in [4.78, 5) is 43.4. The molecule has 1 aliphatic heterocycles. The second-order valence-electron chi connectivity index (χ2n) is 8.72. The van der Waals surface area contributed by atoms with E-state index in [-0.39, 0.29) is 18.3 Å². The van der Waals surface area contributed by atoms with Gasteiger partial charge in [0.05, 0.1) is 42.2 Å². The molecule has 1 unspecified atom stereocenters. The number of allylic oxidation sites excluding steroid dienone is 1. The summed E-state index contributed by atoms with van der Waals surface area (Å²) in [6.07, 6.45) is 1.41. The molecule has 0 amide bonds. The van der Waals surface area contributed by atoms with Crippen LogP contribution < -0.4 is 24.4 Å². The van der Waals surface area contributed by atoms with E-state index < -0.39 is 18.0 Å². The first-order valence-electron chi connectivity index (χ1n) is 11.9. The Morgan fingerprint density at radius 3 is 2.50 bits per heavy atom. The van der Waals surface area contributed by atoms with Crippen LogP contribution in [0.5, 0.6) is 11.5 Å². The van der Waals surface area contributed by atoms with Crippen molar-refractivity contribution in [2.75, 3.05) is 20.8 Å². The molecule has 3 aromatic rings. The number of nitrogens with zero attached hydrogens (tertiary/aromatic N) is 2. The predicted octanol–water partition coefficient (Wildman–Crippen LogP) is 2.75. The number of thiazole rings is 1. The van der Waals surface area contributed by atoms with Crippen LogP contribution in [0.25, 0.3) is 6.08 Å². The van der Waals surface area contributed by atoms with Gasteiger partial charge in [-0.1, -0.05) is 47.7 Å². The van der Waals surface area contributed by atoms with E-state index in [2.05, 4.69) is 9.73 Å². The third-order valence-corrected chi connectivity index (χ3v) is 6.74. The Hall–Kier alpha value is -4.18. The summed E-state index contributed by atoms with van der Waals surface area (Å²) in [5.41, 5.74) is 2.02. The first-order chi connectivity index (χ1) is 18.2. The maximum atomic E-state index is 13.7. The van der Waals surface area contributed by atoms with Crippen LogP contribution in [0.1, 0.15) is 37.9 Å². The zero-order chi connectivity index (χ0) is 27.4. The molecule has 4 rings (SSSR count). The van der Waals surface area contributed by atoms with E-state index >= 15 is 0 Å². The molecule has 0 aliphatic carbocycles. The fraction of sp³-hybridized carbons (Fsp3) is 0.286. The summed E-state index contributed by atoms with van der Waals surface area (Å²) in [5.74, 6) is -0.259. The number of benzene rings is 2. The molecule has 0 radical (unpaired) electrons. The number of fused-ring (bicyclic) bond motifs is 1. The summed E-state index contributed by atoms with van der Waals surface area (Å²) >= 11 is 1.23. The zero-order valence-corrected chi connectivity index (χ0v) is 22.5. The lowest BCUT2D eigenvalue weighted by Crippen LogP contribution is -2.40. The smallest absolute Gasteiger partial charge is 0.343 e. The van der Waals surface area contributed by atoms with E-state index in [9.17, 15) is 14.4 Å². The number of hydrogen-bond donors (Lipinski definition) is 0. The number of methoxy groups -OCH3 is 2. The standard InChI is InChI=1S/C28H28N2O7S/c1-16(2)37-27(33)24-17(3)29-28-30(25(24)19-9-7-6-8-10-19)26(32)22(38-28)14-18-11-12-20(21(13-18)34-4)36-15-23(31)35-5/h6-14,16,25H,15H2,1-5H3. The molecule has 0 N–H and O–H groups in total. The molecule has 198 valence electrons. The highest BCUT2D eigenvalue weighted by Gasteiger charge is 2.33. The first kappa shape index (κ1) is 26.9. The number of carbonyl (C=O) groups excluding carboxylic acids is 2. The van der Waals surface area contributed by atoms with Gasteiger partial charge in [-0.05, 0) is 50.1 Å². The lowest BCUT2D eigenvalue weighted by atomic mass is 9.96. The number of esters is 2. The monoisotopic (exact) mass is 536 g/mol. The molecule has 10 heteroatoms. The van der Waals surface area contributed by atoms with Gasteiger partial charge in [0.1, 0.15) is 0 Å². The van der Waals surface area contributed by atoms with Gasteiger partial charge in [-0.2, -0.15) is 0 Å². The van der Waals surface area contributed by atoms with Crippen molar-refractivity contribution in [3.8, 4) is 11.5 Å². The van der Waals surface area contributed by atoms with Crippen LogP contribution >= 0.6 is 11.3 Å². The van der Waals surface area contributed by atoms with Crippen molar-refractivity contribution in [1.29, 1.82) is 0 Å². The summed E-state index contributed by atoms with van der Waals surface area (Å²) in [6.45, 7) is 5.05. The normalized spacial score (nSPS) is 15.1. The SMILES string of the molecule is COC(=O)COc1ccc(C=c2sc3n(c2=O)C(c2ccccc2)C(C(=O)OC(C)C)=C(C)N=3)cc1OC. The number of aromatic nitrogens is 1. The van der Waals surface area contributed by atoms with Crippen LogP contribution in [0.4, 0.5) is 0 Å². The Kier molecular flexibility index (Phi) is 8.11. The first-order valence-corrected chi connectivity index (χ1v) is 12.7. The molecule has 0 saturated carbocycles. The third-order valence-electron chi connectivity index (χ3n) is 5.76. The molecule has 1 atom stereocenters. The molecular weight excluding hydrogens is 508 g/mol. The van der Waals surface area contributed by atoms with E-state index in [0.717, 1.165) is 5.56 Å². The number of carbonyl (C=O) groups is 2. The van der Waals surface area contributed by atoms with Crippen molar-refractivity contribution in [3.05, 3.63) is 90.6 Å². The molecule has 0 bridgehead atoms. The summed E-state index contributed by atoms with van der Waals surface area (Å²) in [7, 11) is 2.76. The number of hydrogen-bond acceptors (Lipinski definition) is 9. The summed E-state index contributed by atoms with van der Waals surface area (Å²) < 4.78 is 23.0. The molecule has 0 saturated heterocycles. The summed E-state index contributed by atoms with van der Waals surface area (Å²) in [6, 6.07) is 13.8. The van der Waals surface area contributed by atoms with Gasteiger partial charge in [0.2, 0.25) is 0 Å². The van der Waals surface area contributed by atoms with Crippen molar-refractivity contribution in [1.82, 2.24) is 4.57 Å². The van der Waals surface area contributed by atoms with Gasteiger partial charge in [-0.15, -0.1) is 0 Å². The zero-order valence-electron chi connectivity index (χ0n) is 21.7. The Balaban J connectivity index is 1.81. The Bertz CT molecular complexity index is 1570. The van der Waals surface area contributed by atoms with Crippen LogP contribution in [-0.4, -0.2) is 43.4 Å². The molecule has 0 fully saturated rings. The van der Waals surface area contributed by atoms with Crippen molar-refractivity contribution in [2.24, 2.45) is 4.99 Å². The van der Waals surface area contributed by atoms with Crippen molar-refractivity contribution in [2.45, 2.75) is 32.9 Å². The highest BCUT2D eigenvalue weighted by Crippen LogP contribution is 2.31. The second kappa shape index (κ2) is 11.5. The average Bonchev–Trinajstić information content (AvgIpc) is 3.20. The Morgan fingerprint density at radius 1 is 1.11 bits per heavy atom. The third kappa shape index (κ3) is 5.55. The second-order valence-corrected chi connectivity index (χ2v) is 9.73. The van der Waals surface area contributed by atoms with Crippen LogP contribution in [0.3, 0.4) is 0 Å². The van der Waals surface area contributed by atoms with Crippen LogP contribution in [0.2, 0.25) is 0 Å². The topological polar surface area (TPSA) is 105 Å². The minimum atomic E-state index is -0.676. The molecular formula is C28H28N2O7S. The van der Waals surface area contributed by atoms with Gasteiger partial charge in [0.15, 0.2) is 22.9 Å². The van der Waals surface area contributed by atoms with Crippen LogP contribution in [0, 0.1) is 0 Å². The van der Waals surface area contributed by atoms with E-state index in [0.29, 0.717) is 37.7 Å². The van der Waals surface area contributed by atoms with Crippen molar-refractivity contribution in [3.63, 3.8) is 0 Å². The van der Waals surface area contributed by atoms with Gasteiger partial charge in [-0.3, -0.25) is 9.36 Å². The molecule has 0 spiro atoms. The van der Waals surface area contributed by atoms with Gasteiger partial charge >= 0.3 is 11.9 Å². The largest absolute Gasteiger partial charge is 0.493 e. The molecule has 38 heavy (non-hydrogen) atoms. The lowest BCUT2D eigenvalue weighted by Gasteiger charge is -2.25. The minimum Gasteiger partial charge on any atom is -0.493 e. The van der Waals surface area contributed by atoms with Crippen LogP contribution in [-0.2, 0) is 19.1 Å². The van der Waals surface area contributed by atoms with Gasteiger partial charge < -0.3 is 18.9 Å². The highest BCUT2D eigenvalue weighted by atomic mass is 32.1. The van der Waals surface area contributed by atoms with E-state index in [1.54, 1.807) is 49.6 Å². The summed E-state index contributed by atoms with van der Waals surface area (Å²) in [5, 5.41) is 0.